The van der Waals surface area contributed by atoms with Crippen molar-refractivity contribution in [3.8, 4) is 0 Å². The summed E-state index contributed by atoms with van der Waals surface area (Å²) in [7, 11) is 1.84. The topological polar surface area (TPSA) is 51.7 Å². The molecule has 0 amide bonds. The first kappa shape index (κ1) is 18.6. The second kappa shape index (κ2) is 8.92. The number of hydrogen-bond acceptors (Lipinski definition) is 3. The number of para-hydroxylation sites is 1. The van der Waals surface area contributed by atoms with E-state index < -0.39 is 0 Å². The summed E-state index contributed by atoms with van der Waals surface area (Å²) in [5.41, 5.74) is 1.48. The number of nitrogens with one attached hydrogen (secondary N) is 3. The highest BCUT2D eigenvalue weighted by atomic mass is 15.2. The first-order chi connectivity index (χ1) is 11.5. The molecule has 134 valence electrons. The minimum Gasteiger partial charge on any atom is -0.371 e. The van der Waals surface area contributed by atoms with Gasteiger partial charge >= 0.3 is 0 Å². The maximum atomic E-state index is 4.35. The first-order valence-corrected chi connectivity index (χ1v) is 9.00. The van der Waals surface area contributed by atoms with Crippen LogP contribution >= 0.6 is 0 Å². The lowest BCUT2D eigenvalue weighted by Gasteiger charge is -2.34. The van der Waals surface area contributed by atoms with Crippen molar-refractivity contribution in [3.63, 3.8) is 0 Å². The summed E-state index contributed by atoms with van der Waals surface area (Å²) in [4.78, 5) is 6.81. The van der Waals surface area contributed by atoms with E-state index in [0.29, 0.717) is 6.04 Å². The van der Waals surface area contributed by atoms with Crippen LogP contribution in [0.3, 0.4) is 0 Å². The molecule has 0 aromatic heterocycles. The fourth-order valence-corrected chi connectivity index (χ4v) is 2.93. The molecule has 2 rings (SSSR count). The van der Waals surface area contributed by atoms with Gasteiger partial charge in [-0.05, 0) is 45.7 Å². The van der Waals surface area contributed by atoms with Crippen LogP contribution in [-0.4, -0.2) is 50.8 Å². The van der Waals surface area contributed by atoms with Crippen molar-refractivity contribution in [1.29, 1.82) is 0 Å². The van der Waals surface area contributed by atoms with Gasteiger partial charge in [-0.2, -0.15) is 0 Å². The molecule has 5 heteroatoms. The normalized spacial score (nSPS) is 17.0. The third kappa shape index (κ3) is 6.40. The molecule has 1 saturated heterocycles. The summed E-state index contributed by atoms with van der Waals surface area (Å²) in [5.74, 6) is 0.906. The van der Waals surface area contributed by atoms with Crippen molar-refractivity contribution in [1.82, 2.24) is 16.0 Å². The highest BCUT2D eigenvalue weighted by molar-refractivity contribution is 5.80. The summed E-state index contributed by atoms with van der Waals surface area (Å²) in [6, 6.07) is 11.2. The van der Waals surface area contributed by atoms with Gasteiger partial charge in [0.05, 0.1) is 0 Å². The molecule has 3 N–H and O–H groups in total. The molecule has 0 saturated carbocycles. The fourth-order valence-electron chi connectivity index (χ4n) is 2.93. The Morgan fingerprint density at radius 3 is 2.38 bits per heavy atom. The maximum absolute atomic E-state index is 4.35. The van der Waals surface area contributed by atoms with Gasteiger partial charge in [0.25, 0.3) is 0 Å². The molecular formula is C19H33N5. The molecule has 5 nitrogen and oxygen atoms in total. The monoisotopic (exact) mass is 331 g/mol. The molecular weight excluding hydrogens is 298 g/mol. The second-order valence-electron chi connectivity index (χ2n) is 7.42. The number of hydrogen-bond donors (Lipinski definition) is 3. The van der Waals surface area contributed by atoms with E-state index in [4.69, 9.17) is 0 Å². The Morgan fingerprint density at radius 2 is 1.79 bits per heavy atom. The molecule has 0 unspecified atom stereocenters. The third-order valence-electron chi connectivity index (χ3n) is 4.25. The number of nitrogens with zero attached hydrogens (tertiary/aromatic N) is 2. The van der Waals surface area contributed by atoms with E-state index in [2.05, 4.69) is 76.9 Å². The van der Waals surface area contributed by atoms with Gasteiger partial charge in [0.15, 0.2) is 5.96 Å². The SMILES string of the molecule is CN=C(NCCNC(C)(C)C)NC1CCN(c2ccccc2)CC1. The largest absolute Gasteiger partial charge is 0.371 e. The van der Waals surface area contributed by atoms with Crippen LogP contribution in [0.15, 0.2) is 35.3 Å². The molecule has 24 heavy (non-hydrogen) atoms. The molecule has 0 radical (unpaired) electrons. The van der Waals surface area contributed by atoms with E-state index >= 15 is 0 Å². The van der Waals surface area contributed by atoms with E-state index in [1.165, 1.54) is 5.69 Å². The Kier molecular flexibility index (Phi) is 6.91. The Hall–Kier alpha value is -1.75. The minimum atomic E-state index is 0.156. The van der Waals surface area contributed by atoms with Crippen LogP contribution in [0.1, 0.15) is 33.6 Å². The zero-order valence-electron chi connectivity index (χ0n) is 15.6. The van der Waals surface area contributed by atoms with Gasteiger partial charge in [0, 0.05) is 50.5 Å². The van der Waals surface area contributed by atoms with Gasteiger partial charge in [0.1, 0.15) is 0 Å². The fraction of sp³-hybridized carbons (Fsp3) is 0.632. The first-order valence-electron chi connectivity index (χ1n) is 9.00. The number of aliphatic imine (C=N–C) groups is 1. The van der Waals surface area contributed by atoms with Crippen LogP contribution in [0.5, 0.6) is 0 Å². The number of anilines is 1. The van der Waals surface area contributed by atoms with E-state index in [1.54, 1.807) is 0 Å². The van der Waals surface area contributed by atoms with Crippen molar-refractivity contribution in [2.75, 3.05) is 38.1 Å². The molecule has 0 atom stereocenters. The van der Waals surface area contributed by atoms with Crippen LogP contribution < -0.4 is 20.9 Å². The molecule has 1 fully saturated rings. The number of benzene rings is 1. The molecule has 1 aromatic carbocycles. The molecule has 0 aliphatic carbocycles. The van der Waals surface area contributed by atoms with Crippen molar-refractivity contribution < 1.29 is 0 Å². The summed E-state index contributed by atoms with van der Waals surface area (Å²) in [6.07, 6.45) is 2.27. The molecule has 1 aromatic rings. The van der Waals surface area contributed by atoms with E-state index in [1.807, 2.05) is 7.05 Å². The van der Waals surface area contributed by atoms with Crippen LogP contribution in [0.2, 0.25) is 0 Å². The van der Waals surface area contributed by atoms with Crippen molar-refractivity contribution in [2.24, 2.45) is 4.99 Å². The Labute approximate surface area is 146 Å². The Morgan fingerprint density at radius 1 is 1.12 bits per heavy atom. The number of piperidine rings is 1. The average molecular weight is 332 g/mol. The number of guanidine groups is 1. The second-order valence-corrected chi connectivity index (χ2v) is 7.42. The van der Waals surface area contributed by atoms with Crippen LogP contribution in [0.4, 0.5) is 5.69 Å². The zero-order valence-corrected chi connectivity index (χ0v) is 15.6. The van der Waals surface area contributed by atoms with Gasteiger partial charge in [-0.1, -0.05) is 18.2 Å². The number of rotatable bonds is 5. The van der Waals surface area contributed by atoms with Gasteiger partial charge in [0.2, 0.25) is 0 Å². The van der Waals surface area contributed by atoms with Crippen molar-refractivity contribution in [3.05, 3.63) is 30.3 Å². The minimum absolute atomic E-state index is 0.156. The van der Waals surface area contributed by atoms with Crippen molar-refractivity contribution >= 4 is 11.6 Å². The van der Waals surface area contributed by atoms with E-state index in [-0.39, 0.29) is 5.54 Å². The molecule has 1 aliphatic rings. The quantitative estimate of drug-likeness (QED) is 0.440. The highest BCUT2D eigenvalue weighted by Gasteiger charge is 2.20. The lowest BCUT2D eigenvalue weighted by atomic mass is 10.0. The third-order valence-corrected chi connectivity index (χ3v) is 4.25. The molecule has 1 heterocycles. The Balaban J connectivity index is 1.70. The van der Waals surface area contributed by atoms with Gasteiger partial charge < -0.3 is 20.9 Å². The highest BCUT2D eigenvalue weighted by Crippen LogP contribution is 2.19. The van der Waals surface area contributed by atoms with Crippen LogP contribution in [-0.2, 0) is 0 Å². The van der Waals surface area contributed by atoms with Crippen LogP contribution in [0, 0.1) is 0 Å². The predicted octanol–water partition coefficient (Wildman–Crippen LogP) is 2.21. The standard InChI is InChI=1S/C19H33N5/c1-19(2,3)22-13-12-21-18(20-4)23-16-10-14-24(15-11-16)17-8-6-5-7-9-17/h5-9,16,22H,10-15H2,1-4H3,(H2,20,21,23). The molecule has 1 aliphatic heterocycles. The van der Waals surface area contributed by atoms with E-state index in [9.17, 15) is 0 Å². The van der Waals surface area contributed by atoms with Crippen LogP contribution in [0.25, 0.3) is 0 Å². The van der Waals surface area contributed by atoms with E-state index in [0.717, 1.165) is 45.0 Å². The Bertz CT molecular complexity index is 498. The molecule has 0 bridgehead atoms. The zero-order chi connectivity index (χ0) is 17.4. The van der Waals surface area contributed by atoms with Gasteiger partial charge in [-0.25, -0.2) is 0 Å². The molecule has 0 spiro atoms. The summed E-state index contributed by atoms with van der Waals surface area (Å²) in [6.45, 7) is 10.5. The summed E-state index contributed by atoms with van der Waals surface area (Å²) >= 11 is 0. The summed E-state index contributed by atoms with van der Waals surface area (Å²) < 4.78 is 0. The van der Waals surface area contributed by atoms with Crippen molar-refractivity contribution in [2.45, 2.75) is 45.2 Å². The lowest BCUT2D eigenvalue weighted by Crippen LogP contribution is -2.50. The van der Waals surface area contributed by atoms with Gasteiger partial charge in [-0.15, -0.1) is 0 Å². The lowest BCUT2D eigenvalue weighted by molar-refractivity contribution is 0.426. The predicted molar refractivity (Wildman–Crippen MR) is 104 cm³/mol. The smallest absolute Gasteiger partial charge is 0.191 e. The van der Waals surface area contributed by atoms with Gasteiger partial charge in [-0.3, -0.25) is 4.99 Å². The average Bonchev–Trinajstić information content (AvgIpc) is 2.58. The maximum Gasteiger partial charge on any atom is 0.191 e. The summed E-state index contributed by atoms with van der Waals surface area (Å²) in [5, 5.41) is 10.4.